The van der Waals surface area contributed by atoms with Crippen molar-refractivity contribution in [1.82, 2.24) is 10.4 Å². The van der Waals surface area contributed by atoms with E-state index in [1.807, 2.05) is 12.3 Å². The lowest BCUT2D eigenvalue weighted by Crippen LogP contribution is -2.37. The van der Waals surface area contributed by atoms with Crippen LogP contribution in [0.1, 0.15) is 23.1 Å². The molecule has 0 aliphatic heterocycles. The number of benzene rings is 1. The predicted octanol–water partition coefficient (Wildman–Crippen LogP) is 2.40. The first kappa shape index (κ1) is 13.7. The first-order valence-electron chi connectivity index (χ1n) is 6.69. The fourth-order valence-electron chi connectivity index (χ4n) is 2.24. The van der Waals surface area contributed by atoms with Gasteiger partial charge in [0, 0.05) is 18.4 Å². The van der Waals surface area contributed by atoms with E-state index in [0.717, 1.165) is 19.3 Å². The minimum atomic E-state index is 0.293. The molecular formula is C16H21N3. The Labute approximate surface area is 114 Å². The Morgan fingerprint density at radius 2 is 2.05 bits per heavy atom. The van der Waals surface area contributed by atoms with Gasteiger partial charge in [0.05, 0.1) is 0 Å². The number of aromatic nitrogens is 1. The highest BCUT2D eigenvalue weighted by atomic mass is 15.2. The minimum Gasteiger partial charge on any atom is -0.271 e. The topological polar surface area (TPSA) is 50.9 Å². The first-order chi connectivity index (χ1) is 9.29. The number of nitrogens with one attached hydrogen (secondary N) is 1. The number of pyridine rings is 1. The second kappa shape index (κ2) is 7.02. The summed E-state index contributed by atoms with van der Waals surface area (Å²) in [7, 11) is 0. The summed E-state index contributed by atoms with van der Waals surface area (Å²) in [6, 6.07) is 12.8. The first-order valence-corrected chi connectivity index (χ1v) is 6.69. The SMILES string of the molecule is Cc1ccccc1CC(CCc1cccnc1)NN. The molecule has 3 N–H and O–H groups in total. The average Bonchev–Trinajstić information content (AvgIpc) is 2.46. The second-order valence-corrected chi connectivity index (χ2v) is 4.89. The molecule has 2 rings (SSSR count). The molecule has 1 unspecified atom stereocenters. The van der Waals surface area contributed by atoms with Gasteiger partial charge in [0.1, 0.15) is 0 Å². The lowest BCUT2D eigenvalue weighted by molar-refractivity contribution is 0.490. The van der Waals surface area contributed by atoms with E-state index < -0.39 is 0 Å². The number of hydrazine groups is 1. The van der Waals surface area contributed by atoms with Crippen LogP contribution in [0.3, 0.4) is 0 Å². The molecule has 0 amide bonds. The van der Waals surface area contributed by atoms with Crippen LogP contribution in [0.2, 0.25) is 0 Å². The Balaban J connectivity index is 1.92. The van der Waals surface area contributed by atoms with Gasteiger partial charge in [-0.1, -0.05) is 30.3 Å². The largest absolute Gasteiger partial charge is 0.271 e. The van der Waals surface area contributed by atoms with Crippen LogP contribution in [0.25, 0.3) is 0 Å². The van der Waals surface area contributed by atoms with E-state index in [9.17, 15) is 0 Å². The lowest BCUT2D eigenvalue weighted by Gasteiger charge is -2.17. The van der Waals surface area contributed by atoms with Crippen LogP contribution in [-0.2, 0) is 12.8 Å². The van der Waals surface area contributed by atoms with E-state index in [4.69, 9.17) is 5.84 Å². The normalized spacial score (nSPS) is 12.3. The van der Waals surface area contributed by atoms with Gasteiger partial charge in [0.25, 0.3) is 0 Å². The van der Waals surface area contributed by atoms with Crippen LogP contribution in [-0.4, -0.2) is 11.0 Å². The van der Waals surface area contributed by atoms with E-state index in [-0.39, 0.29) is 0 Å². The predicted molar refractivity (Wildman–Crippen MR) is 78.6 cm³/mol. The summed E-state index contributed by atoms with van der Waals surface area (Å²) >= 11 is 0. The smallest absolute Gasteiger partial charge is 0.0299 e. The van der Waals surface area contributed by atoms with Gasteiger partial charge >= 0.3 is 0 Å². The van der Waals surface area contributed by atoms with Crippen LogP contribution < -0.4 is 11.3 Å². The molecule has 1 heterocycles. The molecule has 1 aromatic carbocycles. The highest BCUT2D eigenvalue weighted by Gasteiger charge is 2.09. The van der Waals surface area contributed by atoms with Gasteiger partial charge in [0.2, 0.25) is 0 Å². The Morgan fingerprint density at radius 3 is 2.74 bits per heavy atom. The van der Waals surface area contributed by atoms with Crippen molar-refractivity contribution in [2.75, 3.05) is 0 Å². The van der Waals surface area contributed by atoms with Gasteiger partial charge in [-0.25, -0.2) is 0 Å². The molecule has 100 valence electrons. The summed E-state index contributed by atoms with van der Waals surface area (Å²) in [5.41, 5.74) is 6.87. The highest BCUT2D eigenvalue weighted by molar-refractivity contribution is 5.26. The lowest BCUT2D eigenvalue weighted by atomic mass is 9.97. The number of nitrogens with zero attached hydrogens (tertiary/aromatic N) is 1. The summed E-state index contributed by atoms with van der Waals surface area (Å²) < 4.78 is 0. The molecule has 0 aliphatic carbocycles. The van der Waals surface area contributed by atoms with E-state index in [0.29, 0.717) is 6.04 Å². The summed E-state index contributed by atoms with van der Waals surface area (Å²) in [5, 5.41) is 0. The molecule has 3 nitrogen and oxygen atoms in total. The third-order valence-corrected chi connectivity index (χ3v) is 3.47. The zero-order chi connectivity index (χ0) is 13.5. The maximum Gasteiger partial charge on any atom is 0.0299 e. The molecule has 0 spiro atoms. The van der Waals surface area contributed by atoms with Crippen molar-refractivity contribution in [2.24, 2.45) is 5.84 Å². The van der Waals surface area contributed by atoms with Crippen LogP contribution in [0.15, 0.2) is 48.8 Å². The molecule has 2 aromatic rings. The fourth-order valence-corrected chi connectivity index (χ4v) is 2.24. The Morgan fingerprint density at radius 1 is 1.21 bits per heavy atom. The van der Waals surface area contributed by atoms with Crippen molar-refractivity contribution in [3.8, 4) is 0 Å². The summed E-state index contributed by atoms with van der Waals surface area (Å²) in [6.45, 7) is 2.14. The summed E-state index contributed by atoms with van der Waals surface area (Å²) in [5.74, 6) is 5.67. The van der Waals surface area contributed by atoms with E-state index in [2.05, 4.69) is 47.7 Å². The Bertz CT molecular complexity index is 496. The standard InChI is InChI=1S/C16H21N3/c1-13-5-2-3-7-15(13)11-16(19-17)9-8-14-6-4-10-18-12-14/h2-7,10,12,16,19H,8-9,11,17H2,1H3. The molecule has 0 bridgehead atoms. The van der Waals surface area contributed by atoms with E-state index in [1.165, 1.54) is 16.7 Å². The number of hydrogen-bond donors (Lipinski definition) is 2. The maximum atomic E-state index is 5.67. The molecule has 0 radical (unpaired) electrons. The van der Waals surface area contributed by atoms with Crippen LogP contribution in [0.4, 0.5) is 0 Å². The monoisotopic (exact) mass is 255 g/mol. The average molecular weight is 255 g/mol. The molecule has 1 aromatic heterocycles. The molecule has 0 aliphatic rings. The number of hydrogen-bond acceptors (Lipinski definition) is 3. The highest BCUT2D eigenvalue weighted by Crippen LogP contribution is 2.12. The Hall–Kier alpha value is -1.71. The number of aryl methyl sites for hydroxylation is 2. The number of rotatable bonds is 6. The third-order valence-electron chi connectivity index (χ3n) is 3.47. The Kier molecular flexibility index (Phi) is 5.07. The third kappa shape index (κ3) is 4.16. The van der Waals surface area contributed by atoms with Gasteiger partial charge in [-0.15, -0.1) is 0 Å². The van der Waals surface area contributed by atoms with E-state index in [1.54, 1.807) is 6.20 Å². The van der Waals surface area contributed by atoms with Gasteiger partial charge in [-0.3, -0.25) is 16.3 Å². The van der Waals surface area contributed by atoms with Crippen LogP contribution in [0, 0.1) is 6.92 Å². The quantitative estimate of drug-likeness (QED) is 0.615. The molecule has 1 atom stereocenters. The van der Waals surface area contributed by atoms with Crippen molar-refractivity contribution >= 4 is 0 Å². The maximum absolute atomic E-state index is 5.67. The van der Waals surface area contributed by atoms with Gasteiger partial charge < -0.3 is 0 Å². The zero-order valence-corrected chi connectivity index (χ0v) is 11.3. The molecule has 0 saturated carbocycles. The van der Waals surface area contributed by atoms with Crippen molar-refractivity contribution in [2.45, 2.75) is 32.2 Å². The summed E-state index contributed by atoms with van der Waals surface area (Å²) in [6.07, 6.45) is 6.69. The molecule has 0 saturated heterocycles. The molecular weight excluding hydrogens is 234 g/mol. The van der Waals surface area contributed by atoms with Crippen molar-refractivity contribution in [3.05, 3.63) is 65.5 Å². The molecule has 19 heavy (non-hydrogen) atoms. The minimum absolute atomic E-state index is 0.293. The molecule has 0 fully saturated rings. The summed E-state index contributed by atoms with van der Waals surface area (Å²) in [4.78, 5) is 4.13. The van der Waals surface area contributed by atoms with Crippen LogP contribution >= 0.6 is 0 Å². The number of nitrogens with two attached hydrogens (primary N) is 1. The van der Waals surface area contributed by atoms with E-state index >= 15 is 0 Å². The fraction of sp³-hybridized carbons (Fsp3) is 0.312. The van der Waals surface area contributed by atoms with Crippen molar-refractivity contribution in [3.63, 3.8) is 0 Å². The second-order valence-electron chi connectivity index (χ2n) is 4.89. The van der Waals surface area contributed by atoms with Crippen molar-refractivity contribution in [1.29, 1.82) is 0 Å². The van der Waals surface area contributed by atoms with Crippen molar-refractivity contribution < 1.29 is 0 Å². The van der Waals surface area contributed by atoms with Gasteiger partial charge in [-0.2, -0.15) is 0 Å². The zero-order valence-electron chi connectivity index (χ0n) is 11.3. The van der Waals surface area contributed by atoms with Crippen LogP contribution in [0.5, 0.6) is 0 Å². The van der Waals surface area contributed by atoms with Gasteiger partial charge in [0.15, 0.2) is 0 Å². The van der Waals surface area contributed by atoms with Gasteiger partial charge in [-0.05, 0) is 48.9 Å². The molecule has 3 heteroatoms.